The molecule has 0 bridgehead atoms. The number of para-hydroxylation sites is 1. The van der Waals surface area contributed by atoms with Gasteiger partial charge in [-0.05, 0) is 54.6 Å². The highest BCUT2D eigenvalue weighted by atomic mass is 35.5. The van der Waals surface area contributed by atoms with Crippen molar-refractivity contribution >= 4 is 34.8 Å². The lowest BCUT2D eigenvalue weighted by Gasteiger charge is -2.12. The van der Waals surface area contributed by atoms with Gasteiger partial charge in [-0.15, -0.1) is 0 Å². The van der Waals surface area contributed by atoms with Crippen molar-refractivity contribution < 1.29 is 18.7 Å². The first kappa shape index (κ1) is 20.8. The minimum Gasteiger partial charge on any atom is -0.482 e. The first-order valence-electron chi connectivity index (χ1n) is 8.74. The quantitative estimate of drug-likeness (QED) is 0.605. The summed E-state index contributed by atoms with van der Waals surface area (Å²) in [6, 6.07) is 18.2. The van der Waals surface area contributed by atoms with Gasteiger partial charge in [0.1, 0.15) is 11.6 Å². The molecule has 0 aliphatic rings. The lowest BCUT2D eigenvalue weighted by Crippen LogP contribution is -2.23. The highest BCUT2D eigenvalue weighted by Gasteiger charge is 2.14. The molecular weight excluding hydrogens is 409 g/mol. The summed E-state index contributed by atoms with van der Waals surface area (Å²) in [4.78, 5) is 24.8. The van der Waals surface area contributed by atoms with Gasteiger partial charge < -0.3 is 15.4 Å². The summed E-state index contributed by atoms with van der Waals surface area (Å²) in [5.41, 5.74) is 1.31. The van der Waals surface area contributed by atoms with Crippen LogP contribution in [0.15, 0.2) is 66.7 Å². The van der Waals surface area contributed by atoms with E-state index in [4.69, 9.17) is 21.6 Å². The Labute approximate surface area is 176 Å². The molecule has 6 nitrogen and oxygen atoms in total. The highest BCUT2D eigenvalue weighted by molar-refractivity contribution is 6.32. The second-order valence-electron chi connectivity index (χ2n) is 6.10. The van der Waals surface area contributed by atoms with Crippen LogP contribution in [0.2, 0.25) is 5.02 Å². The van der Waals surface area contributed by atoms with Gasteiger partial charge in [-0.1, -0.05) is 23.7 Å². The van der Waals surface area contributed by atoms with Crippen LogP contribution in [0.4, 0.5) is 15.8 Å². The normalized spacial score (nSPS) is 10.0. The number of amides is 2. The van der Waals surface area contributed by atoms with Crippen molar-refractivity contribution in [3.8, 4) is 11.8 Å². The van der Waals surface area contributed by atoms with E-state index >= 15 is 0 Å². The van der Waals surface area contributed by atoms with Crippen LogP contribution in [-0.2, 0) is 4.79 Å². The van der Waals surface area contributed by atoms with Gasteiger partial charge in [0, 0.05) is 5.69 Å². The summed E-state index contributed by atoms with van der Waals surface area (Å²) in [7, 11) is 0. The first-order chi connectivity index (χ1) is 14.5. The molecule has 0 fully saturated rings. The number of nitriles is 1. The monoisotopic (exact) mass is 423 g/mol. The number of hydrogen-bond donors (Lipinski definition) is 2. The van der Waals surface area contributed by atoms with E-state index in [0.717, 1.165) is 0 Å². The molecule has 0 atom stereocenters. The van der Waals surface area contributed by atoms with Crippen LogP contribution in [0.25, 0.3) is 0 Å². The Balaban J connectivity index is 1.65. The van der Waals surface area contributed by atoms with Crippen LogP contribution < -0.4 is 15.4 Å². The summed E-state index contributed by atoms with van der Waals surface area (Å²) in [6.45, 7) is -0.348. The number of carbonyl (C=O) groups excluding carboxylic acids is 2. The molecule has 2 amide bonds. The number of halogens is 2. The first-order valence-corrected chi connectivity index (χ1v) is 9.12. The van der Waals surface area contributed by atoms with Crippen molar-refractivity contribution in [2.45, 2.75) is 0 Å². The standard InChI is InChI=1S/C22H15ClFN3O3/c23-18-11-14(12-25)5-10-20(18)30-13-21(28)27-19-4-2-1-3-17(19)22(29)26-16-8-6-15(24)7-9-16/h1-11H,13H2,(H,26,29)(H,27,28). The second kappa shape index (κ2) is 9.54. The Kier molecular flexibility index (Phi) is 6.63. The van der Waals surface area contributed by atoms with E-state index in [0.29, 0.717) is 11.3 Å². The molecule has 0 aromatic heterocycles. The predicted octanol–water partition coefficient (Wildman–Crippen LogP) is 4.62. The maximum atomic E-state index is 13.0. The van der Waals surface area contributed by atoms with E-state index in [1.807, 2.05) is 6.07 Å². The molecule has 0 heterocycles. The summed E-state index contributed by atoms with van der Waals surface area (Å²) >= 11 is 6.02. The predicted molar refractivity (Wildman–Crippen MR) is 111 cm³/mol. The van der Waals surface area contributed by atoms with Crippen LogP contribution in [0.5, 0.6) is 5.75 Å². The second-order valence-corrected chi connectivity index (χ2v) is 6.51. The summed E-state index contributed by atoms with van der Waals surface area (Å²) in [5, 5.41) is 14.3. The SMILES string of the molecule is N#Cc1ccc(OCC(=O)Nc2ccccc2C(=O)Nc2ccc(F)cc2)c(Cl)c1. The summed E-state index contributed by atoms with van der Waals surface area (Å²) in [5.74, 6) is -1.12. The van der Waals surface area contributed by atoms with E-state index in [2.05, 4.69) is 10.6 Å². The Hall–Kier alpha value is -3.89. The molecular formula is C22H15ClFN3O3. The van der Waals surface area contributed by atoms with Crippen molar-refractivity contribution in [2.75, 3.05) is 17.2 Å². The van der Waals surface area contributed by atoms with E-state index in [1.165, 1.54) is 42.5 Å². The van der Waals surface area contributed by atoms with Crippen molar-refractivity contribution in [3.05, 3.63) is 88.7 Å². The number of ether oxygens (including phenoxy) is 1. The lowest BCUT2D eigenvalue weighted by atomic mass is 10.1. The fourth-order valence-corrected chi connectivity index (χ4v) is 2.77. The number of nitrogens with zero attached hydrogens (tertiary/aromatic N) is 1. The van der Waals surface area contributed by atoms with Gasteiger partial charge in [0.2, 0.25) is 0 Å². The summed E-state index contributed by atoms with van der Waals surface area (Å²) < 4.78 is 18.4. The molecule has 0 radical (unpaired) electrons. The van der Waals surface area contributed by atoms with Crippen molar-refractivity contribution in [2.24, 2.45) is 0 Å². The van der Waals surface area contributed by atoms with Gasteiger partial charge in [0.05, 0.1) is 27.9 Å². The Bertz CT molecular complexity index is 1130. The maximum absolute atomic E-state index is 13.0. The molecule has 0 aliphatic carbocycles. The number of rotatable bonds is 6. The average molecular weight is 424 g/mol. The Morgan fingerprint density at radius 1 is 1.03 bits per heavy atom. The number of anilines is 2. The fraction of sp³-hybridized carbons (Fsp3) is 0.0455. The van der Waals surface area contributed by atoms with E-state index < -0.39 is 17.6 Å². The zero-order valence-electron chi connectivity index (χ0n) is 15.5. The minimum atomic E-state index is -0.502. The molecule has 2 N–H and O–H groups in total. The molecule has 0 aliphatic heterocycles. The van der Waals surface area contributed by atoms with Crippen LogP contribution in [0.3, 0.4) is 0 Å². The molecule has 0 saturated heterocycles. The smallest absolute Gasteiger partial charge is 0.262 e. The summed E-state index contributed by atoms with van der Waals surface area (Å²) in [6.07, 6.45) is 0. The Morgan fingerprint density at radius 2 is 1.77 bits per heavy atom. The van der Waals surface area contributed by atoms with E-state index in [-0.39, 0.29) is 28.6 Å². The molecule has 3 aromatic carbocycles. The van der Waals surface area contributed by atoms with Gasteiger partial charge in [0.25, 0.3) is 11.8 Å². The van der Waals surface area contributed by atoms with Gasteiger partial charge in [-0.25, -0.2) is 4.39 Å². The average Bonchev–Trinajstić information content (AvgIpc) is 2.74. The fourth-order valence-electron chi connectivity index (χ4n) is 2.54. The molecule has 8 heteroatoms. The zero-order chi connectivity index (χ0) is 21.5. The number of nitrogens with one attached hydrogen (secondary N) is 2. The largest absolute Gasteiger partial charge is 0.482 e. The third-order valence-corrected chi connectivity index (χ3v) is 4.26. The van der Waals surface area contributed by atoms with Gasteiger partial charge in [-0.3, -0.25) is 9.59 Å². The van der Waals surface area contributed by atoms with Crippen LogP contribution >= 0.6 is 11.6 Å². The molecule has 3 rings (SSSR count). The molecule has 0 unspecified atom stereocenters. The van der Waals surface area contributed by atoms with E-state index in [1.54, 1.807) is 24.3 Å². The van der Waals surface area contributed by atoms with Crippen molar-refractivity contribution in [3.63, 3.8) is 0 Å². The maximum Gasteiger partial charge on any atom is 0.262 e. The van der Waals surface area contributed by atoms with Gasteiger partial charge in [0.15, 0.2) is 6.61 Å². The third-order valence-electron chi connectivity index (χ3n) is 3.97. The molecule has 3 aromatic rings. The molecule has 30 heavy (non-hydrogen) atoms. The minimum absolute atomic E-state index is 0.209. The van der Waals surface area contributed by atoms with Gasteiger partial charge in [-0.2, -0.15) is 5.26 Å². The van der Waals surface area contributed by atoms with Gasteiger partial charge >= 0.3 is 0 Å². The Morgan fingerprint density at radius 3 is 2.47 bits per heavy atom. The third kappa shape index (κ3) is 5.34. The van der Waals surface area contributed by atoms with Crippen molar-refractivity contribution in [1.82, 2.24) is 0 Å². The van der Waals surface area contributed by atoms with Crippen molar-refractivity contribution in [1.29, 1.82) is 5.26 Å². The number of hydrogen-bond acceptors (Lipinski definition) is 4. The molecule has 150 valence electrons. The van der Waals surface area contributed by atoms with Crippen LogP contribution in [0, 0.1) is 17.1 Å². The highest BCUT2D eigenvalue weighted by Crippen LogP contribution is 2.25. The van der Waals surface area contributed by atoms with Crippen LogP contribution in [0.1, 0.15) is 15.9 Å². The molecule has 0 spiro atoms. The van der Waals surface area contributed by atoms with E-state index in [9.17, 15) is 14.0 Å². The van der Waals surface area contributed by atoms with Crippen LogP contribution in [-0.4, -0.2) is 18.4 Å². The zero-order valence-corrected chi connectivity index (χ0v) is 16.2. The topological polar surface area (TPSA) is 91.2 Å². The number of benzene rings is 3. The lowest BCUT2D eigenvalue weighted by molar-refractivity contribution is -0.118. The number of carbonyl (C=O) groups is 2. The molecule has 0 saturated carbocycles.